The van der Waals surface area contributed by atoms with Crippen LogP contribution in [0.4, 0.5) is 0 Å². The minimum Gasteiger partial charge on any atom is -0.293 e. The quantitative estimate of drug-likeness (QED) is 0.368. The van der Waals surface area contributed by atoms with Gasteiger partial charge in [-0.1, -0.05) is 11.8 Å². The highest BCUT2D eigenvalue weighted by molar-refractivity contribution is 8.14. The molecule has 0 atom stereocenters. The molecule has 0 saturated carbocycles. The number of nitrogens with zero attached hydrogens (tertiary/aromatic N) is 2. The van der Waals surface area contributed by atoms with E-state index in [0.29, 0.717) is 0 Å². The fraction of sp³-hybridized carbons (Fsp3) is 0.750. The van der Waals surface area contributed by atoms with Crippen LogP contribution in [0.2, 0.25) is 0 Å². The van der Waals surface area contributed by atoms with E-state index in [0.717, 1.165) is 17.5 Å². The summed E-state index contributed by atoms with van der Waals surface area (Å²) in [6.07, 6.45) is 0. The predicted molar refractivity (Wildman–Crippen MR) is 36.7 cm³/mol. The second-order valence-corrected chi connectivity index (χ2v) is 2.69. The Hall–Kier alpha value is -0.220. The molecular formula is C4H9N3S. The van der Waals surface area contributed by atoms with Crippen LogP contribution in [0.25, 0.3) is 0 Å². The SMILES string of the molecule is CN(N)C1=NCCS1. The van der Waals surface area contributed by atoms with Crippen molar-refractivity contribution in [2.45, 2.75) is 0 Å². The first-order valence-corrected chi connectivity index (χ1v) is 3.45. The fourth-order valence-corrected chi connectivity index (χ4v) is 1.29. The number of hydrazine groups is 1. The first-order valence-electron chi connectivity index (χ1n) is 2.46. The Labute approximate surface area is 52.9 Å². The minimum absolute atomic E-state index is 0.918. The van der Waals surface area contributed by atoms with E-state index in [4.69, 9.17) is 5.84 Å². The van der Waals surface area contributed by atoms with Gasteiger partial charge in [-0.25, -0.2) is 5.84 Å². The average Bonchev–Trinajstić information content (AvgIpc) is 2.12. The van der Waals surface area contributed by atoms with Gasteiger partial charge in [0, 0.05) is 12.8 Å². The highest BCUT2D eigenvalue weighted by atomic mass is 32.2. The molecule has 1 heterocycles. The van der Waals surface area contributed by atoms with Gasteiger partial charge >= 0.3 is 0 Å². The van der Waals surface area contributed by atoms with Crippen LogP contribution in [0.3, 0.4) is 0 Å². The summed E-state index contributed by atoms with van der Waals surface area (Å²) in [5.74, 6) is 6.46. The summed E-state index contributed by atoms with van der Waals surface area (Å²) in [4.78, 5) is 4.12. The van der Waals surface area contributed by atoms with E-state index < -0.39 is 0 Å². The van der Waals surface area contributed by atoms with Crippen LogP contribution in [0.15, 0.2) is 4.99 Å². The van der Waals surface area contributed by atoms with Gasteiger partial charge in [0.2, 0.25) is 0 Å². The second kappa shape index (κ2) is 2.37. The number of thioether (sulfide) groups is 1. The van der Waals surface area contributed by atoms with E-state index in [1.165, 1.54) is 0 Å². The number of hydrogen-bond acceptors (Lipinski definition) is 4. The molecule has 46 valence electrons. The number of aliphatic imine (C=N–C) groups is 1. The predicted octanol–water partition coefficient (Wildman–Crippen LogP) is -0.105. The van der Waals surface area contributed by atoms with Crippen LogP contribution in [0, 0.1) is 0 Å². The molecule has 1 aliphatic heterocycles. The zero-order chi connectivity index (χ0) is 5.98. The van der Waals surface area contributed by atoms with Crippen molar-refractivity contribution < 1.29 is 0 Å². The van der Waals surface area contributed by atoms with Crippen molar-refractivity contribution in [1.82, 2.24) is 5.01 Å². The lowest BCUT2D eigenvalue weighted by molar-refractivity contribution is 0.550. The van der Waals surface area contributed by atoms with Gasteiger partial charge in [-0.3, -0.25) is 10.0 Å². The maximum atomic E-state index is 5.38. The van der Waals surface area contributed by atoms with Gasteiger partial charge in [-0.05, 0) is 0 Å². The monoisotopic (exact) mass is 131 g/mol. The van der Waals surface area contributed by atoms with Crippen LogP contribution >= 0.6 is 11.8 Å². The van der Waals surface area contributed by atoms with Crippen molar-refractivity contribution in [2.24, 2.45) is 10.8 Å². The number of hydrogen-bond donors (Lipinski definition) is 1. The molecule has 8 heavy (non-hydrogen) atoms. The highest BCUT2D eigenvalue weighted by Crippen LogP contribution is 2.11. The standard InChI is InChI=1S/C4H9N3S/c1-7(5)4-6-2-3-8-4/h2-3,5H2,1H3. The molecule has 0 aliphatic carbocycles. The largest absolute Gasteiger partial charge is 0.293 e. The molecule has 0 amide bonds. The normalized spacial score (nSPS) is 18.5. The molecule has 0 bridgehead atoms. The third-order valence-electron chi connectivity index (χ3n) is 0.871. The maximum absolute atomic E-state index is 5.38. The first-order chi connectivity index (χ1) is 3.80. The van der Waals surface area contributed by atoms with Crippen molar-refractivity contribution >= 4 is 16.9 Å². The molecule has 4 heteroatoms. The summed E-state index contributed by atoms with van der Waals surface area (Å²) < 4.78 is 0. The molecule has 1 aliphatic rings. The van der Waals surface area contributed by atoms with Gasteiger partial charge in [-0.2, -0.15) is 0 Å². The topological polar surface area (TPSA) is 41.6 Å². The lowest BCUT2D eigenvalue weighted by Gasteiger charge is -2.08. The van der Waals surface area contributed by atoms with E-state index >= 15 is 0 Å². The number of amidine groups is 1. The van der Waals surface area contributed by atoms with Crippen molar-refractivity contribution in [3.8, 4) is 0 Å². The van der Waals surface area contributed by atoms with Crippen LogP contribution in [0.1, 0.15) is 0 Å². The molecule has 0 fully saturated rings. The Balaban J connectivity index is 2.45. The summed E-state index contributed by atoms with van der Waals surface area (Å²) >= 11 is 1.70. The molecule has 2 N–H and O–H groups in total. The molecule has 0 aromatic rings. The summed E-state index contributed by atoms with van der Waals surface area (Å²) in [6.45, 7) is 0.918. The Morgan fingerprint density at radius 1 is 1.88 bits per heavy atom. The Morgan fingerprint density at radius 3 is 2.88 bits per heavy atom. The van der Waals surface area contributed by atoms with E-state index in [9.17, 15) is 0 Å². The molecule has 0 aromatic carbocycles. The minimum atomic E-state index is 0.918. The van der Waals surface area contributed by atoms with E-state index in [2.05, 4.69) is 4.99 Å². The molecule has 0 unspecified atom stereocenters. The molecule has 0 saturated heterocycles. The van der Waals surface area contributed by atoms with E-state index in [-0.39, 0.29) is 0 Å². The fourth-order valence-electron chi connectivity index (χ4n) is 0.537. The van der Waals surface area contributed by atoms with Gasteiger partial charge in [0.25, 0.3) is 0 Å². The molecule has 0 radical (unpaired) electrons. The first kappa shape index (κ1) is 5.91. The lowest BCUT2D eigenvalue weighted by atomic mass is 10.8. The van der Waals surface area contributed by atoms with Crippen molar-refractivity contribution in [1.29, 1.82) is 0 Å². The van der Waals surface area contributed by atoms with Crippen molar-refractivity contribution in [3.63, 3.8) is 0 Å². The van der Waals surface area contributed by atoms with Crippen LogP contribution in [0.5, 0.6) is 0 Å². The zero-order valence-electron chi connectivity index (χ0n) is 4.79. The third-order valence-corrected chi connectivity index (χ3v) is 1.93. The molecule has 0 spiro atoms. The lowest BCUT2D eigenvalue weighted by Crippen LogP contribution is -2.29. The van der Waals surface area contributed by atoms with E-state index in [1.807, 2.05) is 0 Å². The molecule has 1 rings (SSSR count). The Kier molecular flexibility index (Phi) is 1.75. The Morgan fingerprint density at radius 2 is 2.62 bits per heavy atom. The van der Waals surface area contributed by atoms with Gasteiger partial charge in [0.05, 0.1) is 6.54 Å². The summed E-state index contributed by atoms with van der Waals surface area (Å²) in [6, 6.07) is 0. The summed E-state index contributed by atoms with van der Waals surface area (Å²) in [5, 5.41) is 2.50. The average molecular weight is 131 g/mol. The third kappa shape index (κ3) is 1.14. The molecule has 0 aromatic heterocycles. The van der Waals surface area contributed by atoms with Crippen LogP contribution in [-0.4, -0.2) is 29.5 Å². The maximum Gasteiger partial charge on any atom is 0.173 e. The number of rotatable bonds is 0. The summed E-state index contributed by atoms with van der Waals surface area (Å²) in [7, 11) is 1.80. The summed E-state index contributed by atoms with van der Waals surface area (Å²) in [5.41, 5.74) is 0. The van der Waals surface area contributed by atoms with Gasteiger partial charge in [-0.15, -0.1) is 0 Å². The van der Waals surface area contributed by atoms with Gasteiger partial charge < -0.3 is 0 Å². The van der Waals surface area contributed by atoms with Crippen molar-refractivity contribution in [3.05, 3.63) is 0 Å². The van der Waals surface area contributed by atoms with Crippen LogP contribution in [-0.2, 0) is 0 Å². The molecular weight excluding hydrogens is 122 g/mol. The van der Waals surface area contributed by atoms with Gasteiger partial charge in [0.1, 0.15) is 0 Å². The number of nitrogens with two attached hydrogens (primary N) is 1. The smallest absolute Gasteiger partial charge is 0.173 e. The van der Waals surface area contributed by atoms with E-state index in [1.54, 1.807) is 23.8 Å². The zero-order valence-corrected chi connectivity index (χ0v) is 5.61. The van der Waals surface area contributed by atoms with Crippen molar-refractivity contribution in [2.75, 3.05) is 19.3 Å². The van der Waals surface area contributed by atoms with Gasteiger partial charge in [0.15, 0.2) is 5.17 Å². The molecule has 3 nitrogen and oxygen atoms in total. The van der Waals surface area contributed by atoms with Crippen LogP contribution < -0.4 is 5.84 Å². The highest BCUT2D eigenvalue weighted by Gasteiger charge is 2.07. The second-order valence-electron chi connectivity index (χ2n) is 1.62. The Bertz CT molecular complexity index is 110.